The van der Waals surface area contributed by atoms with Gasteiger partial charge in [-0.15, -0.1) is 0 Å². The van der Waals surface area contributed by atoms with Crippen molar-refractivity contribution in [2.24, 2.45) is 5.73 Å². The first kappa shape index (κ1) is 12.5. The van der Waals surface area contributed by atoms with Gasteiger partial charge in [0.15, 0.2) is 5.96 Å². The van der Waals surface area contributed by atoms with E-state index in [-0.39, 0.29) is 5.96 Å². The lowest BCUT2D eigenvalue weighted by atomic mass is 10.1. The molecule has 5 N–H and O–H groups in total. The second kappa shape index (κ2) is 6.12. The maximum Gasteiger partial charge on any atom is 0.185 e. The first-order chi connectivity index (χ1) is 7.58. The van der Waals surface area contributed by atoms with Crippen LogP contribution in [-0.2, 0) is 13.1 Å². The standard InChI is InChI=1S/C12H20N4/c1-9(2)15-7-10-4-3-5-11(6-10)8-16-12(13)14/h3-6,9,15H,7-8H2,1-2H3,(H4,13,14,16). The Hall–Kier alpha value is -1.55. The topological polar surface area (TPSA) is 73.9 Å². The van der Waals surface area contributed by atoms with Crippen LogP contribution in [0.3, 0.4) is 0 Å². The first-order valence-corrected chi connectivity index (χ1v) is 5.47. The summed E-state index contributed by atoms with van der Waals surface area (Å²) in [5.41, 5.74) is 7.62. The largest absolute Gasteiger partial charge is 0.370 e. The van der Waals surface area contributed by atoms with Crippen molar-refractivity contribution >= 4 is 5.96 Å². The number of guanidine groups is 1. The second-order valence-electron chi connectivity index (χ2n) is 4.12. The molecule has 0 fully saturated rings. The van der Waals surface area contributed by atoms with Crippen molar-refractivity contribution < 1.29 is 0 Å². The van der Waals surface area contributed by atoms with Gasteiger partial charge >= 0.3 is 0 Å². The summed E-state index contributed by atoms with van der Waals surface area (Å²) >= 11 is 0. The molecule has 0 saturated carbocycles. The summed E-state index contributed by atoms with van der Waals surface area (Å²) in [6, 6.07) is 8.74. The van der Waals surface area contributed by atoms with Crippen LogP contribution in [0.15, 0.2) is 24.3 Å². The van der Waals surface area contributed by atoms with Crippen molar-refractivity contribution in [3.8, 4) is 0 Å². The molecule has 0 aromatic heterocycles. The predicted molar refractivity (Wildman–Crippen MR) is 67.2 cm³/mol. The molecule has 0 radical (unpaired) electrons. The lowest BCUT2D eigenvalue weighted by molar-refractivity contribution is 0.588. The lowest BCUT2D eigenvalue weighted by Gasteiger charge is -2.10. The lowest BCUT2D eigenvalue weighted by Crippen LogP contribution is -2.29. The van der Waals surface area contributed by atoms with E-state index < -0.39 is 0 Å². The average Bonchev–Trinajstić information content (AvgIpc) is 2.24. The SMILES string of the molecule is CC(C)NCc1cccc(CNC(=N)N)c1. The Morgan fingerprint density at radius 3 is 2.50 bits per heavy atom. The van der Waals surface area contributed by atoms with Crippen LogP contribution >= 0.6 is 0 Å². The van der Waals surface area contributed by atoms with Gasteiger partial charge in [0, 0.05) is 19.1 Å². The molecule has 1 aromatic rings. The Morgan fingerprint density at radius 1 is 1.31 bits per heavy atom. The summed E-state index contributed by atoms with van der Waals surface area (Å²) in [6.07, 6.45) is 0. The molecule has 0 amide bonds. The molecule has 0 heterocycles. The molecular weight excluding hydrogens is 200 g/mol. The third-order valence-corrected chi connectivity index (χ3v) is 2.19. The highest BCUT2D eigenvalue weighted by Crippen LogP contribution is 2.05. The molecule has 16 heavy (non-hydrogen) atoms. The van der Waals surface area contributed by atoms with Gasteiger partial charge in [0.2, 0.25) is 0 Å². The highest BCUT2D eigenvalue weighted by Gasteiger charge is 1.98. The molecule has 0 aliphatic carbocycles. The van der Waals surface area contributed by atoms with Crippen molar-refractivity contribution in [2.45, 2.75) is 33.0 Å². The van der Waals surface area contributed by atoms with Crippen LogP contribution in [0, 0.1) is 5.41 Å². The van der Waals surface area contributed by atoms with Crippen molar-refractivity contribution in [1.29, 1.82) is 5.41 Å². The van der Waals surface area contributed by atoms with Gasteiger partial charge < -0.3 is 16.4 Å². The highest BCUT2D eigenvalue weighted by molar-refractivity contribution is 5.74. The van der Waals surface area contributed by atoms with Crippen molar-refractivity contribution in [3.05, 3.63) is 35.4 Å². The maximum absolute atomic E-state index is 7.09. The molecule has 0 saturated heterocycles. The number of benzene rings is 1. The molecule has 0 aliphatic heterocycles. The molecule has 1 rings (SSSR count). The molecule has 0 unspecified atom stereocenters. The van der Waals surface area contributed by atoms with E-state index in [0.717, 1.165) is 12.1 Å². The predicted octanol–water partition coefficient (Wildman–Crippen LogP) is 1.17. The van der Waals surface area contributed by atoms with Gasteiger partial charge in [0.1, 0.15) is 0 Å². The number of hydrogen-bond donors (Lipinski definition) is 4. The minimum atomic E-state index is 0.00529. The molecule has 4 heteroatoms. The smallest absolute Gasteiger partial charge is 0.185 e. The van der Waals surface area contributed by atoms with Crippen molar-refractivity contribution in [1.82, 2.24) is 10.6 Å². The zero-order chi connectivity index (χ0) is 12.0. The van der Waals surface area contributed by atoms with E-state index >= 15 is 0 Å². The van der Waals surface area contributed by atoms with E-state index in [0.29, 0.717) is 12.6 Å². The zero-order valence-corrected chi connectivity index (χ0v) is 9.88. The van der Waals surface area contributed by atoms with E-state index in [1.165, 1.54) is 5.56 Å². The highest BCUT2D eigenvalue weighted by atomic mass is 15.0. The van der Waals surface area contributed by atoms with Crippen molar-refractivity contribution in [2.75, 3.05) is 0 Å². The summed E-state index contributed by atoms with van der Waals surface area (Å²) in [4.78, 5) is 0. The van der Waals surface area contributed by atoms with E-state index in [2.05, 4.69) is 36.6 Å². The summed E-state index contributed by atoms with van der Waals surface area (Å²) in [5, 5.41) is 13.2. The summed E-state index contributed by atoms with van der Waals surface area (Å²) in [5.74, 6) is 0.00529. The molecular formula is C12H20N4. The van der Waals surface area contributed by atoms with Gasteiger partial charge in [0.25, 0.3) is 0 Å². The van der Waals surface area contributed by atoms with E-state index in [1.807, 2.05) is 12.1 Å². The molecule has 0 aliphatic rings. The summed E-state index contributed by atoms with van der Waals surface area (Å²) < 4.78 is 0. The van der Waals surface area contributed by atoms with E-state index in [4.69, 9.17) is 11.1 Å². The third-order valence-electron chi connectivity index (χ3n) is 2.19. The van der Waals surface area contributed by atoms with Crippen LogP contribution in [0.1, 0.15) is 25.0 Å². The van der Waals surface area contributed by atoms with Gasteiger partial charge in [-0.2, -0.15) is 0 Å². The summed E-state index contributed by atoms with van der Waals surface area (Å²) in [7, 11) is 0. The summed E-state index contributed by atoms with van der Waals surface area (Å²) in [6.45, 7) is 5.72. The Balaban J connectivity index is 2.53. The van der Waals surface area contributed by atoms with E-state index in [9.17, 15) is 0 Å². The number of nitrogens with two attached hydrogens (primary N) is 1. The normalized spacial score (nSPS) is 10.4. The van der Waals surface area contributed by atoms with Gasteiger partial charge in [-0.05, 0) is 11.1 Å². The first-order valence-electron chi connectivity index (χ1n) is 5.47. The fourth-order valence-electron chi connectivity index (χ4n) is 1.37. The zero-order valence-electron chi connectivity index (χ0n) is 9.88. The Kier molecular flexibility index (Phi) is 4.79. The van der Waals surface area contributed by atoms with Crippen LogP contribution in [0.2, 0.25) is 0 Å². The van der Waals surface area contributed by atoms with Crippen molar-refractivity contribution in [3.63, 3.8) is 0 Å². The van der Waals surface area contributed by atoms with Crippen LogP contribution in [0.25, 0.3) is 0 Å². The Bertz CT molecular complexity index is 347. The number of hydrogen-bond acceptors (Lipinski definition) is 2. The van der Waals surface area contributed by atoms with Gasteiger partial charge in [-0.3, -0.25) is 5.41 Å². The fourth-order valence-corrected chi connectivity index (χ4v) is 1.37. The molecule has 4 nitrogen and oxygen atoms in total. The average molecular weight is 220 g/mol. The number of rotatable bonds is 5. The molecule has 0 bridgehead atoms. The Morgan fingerprint density at radius 2 is 1.94 bits per heavy atom. The molecule has 0 spiro atoms. The minimum Gasteiger partial charge on any atom is -0.370 e. The molecule has 1 aromatic carbocycles. The second-order valence-corrected chi connectivity index (χ2v) is 4.12. The van der Waals surface area contributed by atoms with Gasteiger partial charge in [0.05, 0.1) is 0 Å². The number of nitrogens with one attached hydrogen (secondary N) is 3. The fraction of sp³-hybridized carbons (Fsp3) is 0.417. The van der Waals surface area contributed by atoms with Crippen LogP contribution in [-0.4, -0.2) is 12.0 Å². The Labute approximate surface area is 96.7 Å². The van der Waals surface area contributed by atoms with E-state index in [1.54, 1.807) is 0 Å². The van der Waals surface area contributed by atoms with Gasteiger partial charge in [-0.1, -0.05) is 38.1 Å². The third kappa shape index (κ3) is 4.79. The van der Waals surface area contributed by atoms with Crippen LogP contribution in [0.4, 0.5) is 0 Å². The van der Waals surface area contributed by atoms with Gasteiger partial charge in [-0.25, -0.2) is 0 Å². The monoisotopic (exact) mass is 220 g/mol. The van der Waals surface area contributed by atoms with Crippen LogP contribution < -0.4 is 16.4 Å². The maximum atomic E-state index is 7.09. The molecule has 0 atom stereocenters. The molecule has 88 valence electrons. The van der Waals surface area contributed by atoms with Crippen LogP contribution in [0.5, 0.6) is 0 Å². The quantitative estimate of drug-likeness (QED) is 0.444. The minimum absolute atomic E-state index is 0.00529.